The summed E-state index contributed by atoms with van der Waals surface area (Å²) in [5.74, 6) is -0.139. The molecule has 2 aromatic heterocycles. The summed E-state index contributed by atoms with van der Waals surface area (Å²) in [7, 11) is 0. The number of nitrogens with one attached hydrogen (secondary N) is 2. The molecule has 3 heterocycles. The summed E-state index contributed by atoms with van der Waals surface area (Å²) in [5, 5.41) is 7.77. The first kappa shape index (κ1) is 17.9. The first-order chi connectivity index (χ1) is 14.2. The molecule has 7 nitrogen and oxygen atoms in total. The molecule has 1 amide bonds. The molecule has 0 radical (unpaired) electrons. The van der Waals surface area contributed by atoms with Gasteiger partial charge in [0.15, 0.2) is 5.58 Å². The number of amides is 1. The molecule has 0 unspecified atom stereocenters. The van der Waals surface area contributed by atoms with Crippen LogP contribution in [0.3, 0.4) is 0 Å². The van der Waals surface area contributed by atoms with E-state index in [0.29, 0.717) is 34.3 Å². The number of nitrogens with zero attached hydrogens (tertiary/aromatic N) is 2. The van der Waals surface area contributed by atoms with Gasteiger partial charge in [0.1, 0.15) is 0 Å². The van der Waals surface area contributed by atoms with Gasteiger partial charge in [0.05, 0.1) is 5.52 Å². The number of piperazine rings is 1. The Morgan fingerprint density at radius 3 is 2.79 bits per heavy atom. The zero-order valence-electron chi connectivity index (χ0n) is 16.0. The molecule has 0 spiro atoms. The average molecular weight is 390 g/mol. The average Bonchev–Trinajstić information content (AvgIpc) is 3.12. The van der Waals surface area contributed by atoms with Crippen molar-refractivity contribution < 1.29 is 9.21 Å². The lowest BCUT2D eigenvalue weighted by atomic mass is 10.1. The Labute approximate surface area is 166 Å². The molecular weight excluding hydrogens is 368 g/mol. The summed E-state index contributed by atoms with van der Waals surface area (Å²) in [6.45, 7) is 5.42. The monoisotopic (exact) mass is 390 g/mol. The normalized spacial score (nSPS) is 15.3. The molecule has 2 N–H and O–H groups in total. The van der Waals surface area contributed by atoms with E-state index >= 15 is 0 Å². The van der Waals surface area contributed by atoms with Crippen LogP contribution in [-0.4, -0.2) is 54.5 Å². The molecular formula is C22H22N4O3. The predicted molar refractivity (Wildman–Crippen MR) is 113 cm³/mol. The van der Waals surface area contributed by atoms with Gasteiger partial charge in [-0.2, -0.15) is 0 Å². The van der Waals surface area contributed by atoms with Crippen LogP contribution < -0.4 is 16.2 Å². The Morgan fingerprint density at radius 1 is 1.10 bits per heavy atom. The van der Waals surface area contributed by atoms with Crippen molar-refractivity contribution >= 4 is 33.5 Å². The van der Waals surface area contributed by atoms with Gasteiger partial charge in [0.2, 0.25) is 5.71 Å². The van der Waals surface area contributed by atoms with E-state index in [1.807, 2.05) is 30.3 Å². The van der Waals surface area contributed by atoms with Crippen LogP contribution in [0.1, 0.15) is 10.4 Å². The molecule has 148 valence electrons. The summed E-state index contributed by atoms with van der Waals surface area (Å²) in [6, 6.07) is 14.5. The molecule has 5 rings (SSSR count). The topological polar surface area (TPSA) is 79.0 Å². The van der Waals surface area contributed by atoms with Gasteiger partial charge in [0, 0.05) is 56.3 Å². The fourth-order valence-electron chi connectivity index (χ4n) is 3.94. The Hall–Kier alpha value is -3.16. The van der Waals surface area contributed by atoms with Crippen molar-refractivity contribution in [3.05, 3.63) is 64.4 Å². The Bertz CT molecular complexity index is 1270. The number of pyridine rings is 1. The minimum Gasteiger partial charge on any atom is -0.438 e. The van der Waals surface area contributed by atoms with E-state index in [9.17, 15) is 9.59 Å². The van der Waals surface area contributed by atoms with Gasteiger partial charge in [-0.1, -0.05) is 18.2 Å². The molecule has 0 aliphatic carbocycles. The molecule has 0 atom stereocenters. The third kappa shape index (κ3) is 3.28. The number of aromatic nitrogens is 1. The summed E-state index contributed by atoms with van der Waals surface area (Å²) in [5.41, 5.74) is 2.06. The zero-order chi connectivity index (χ0) is 19.8. The van der Waals surface area contributed by atoms with Gasteiger partial charge in [-0.15, -0.1) is 0 Å². The number of carbonyl (C=O) groups is 1. The maximum Gasteiger partial charge on any atom is 0.265 e. The molecule has 1 aliphatic rings. The van der Waals surface area contributed by atoms with Gasteiger partial charge < -0.3 is 15.1 Å². The van der Waals surface area contributed by atoms with Crippen LogP contribution in [0.15, 0.2) is 57.7 Å². The highest BCUT2D eigenvalue weighted by atomic mass is 16.3. The van der Waals surface area contributed by atoms with Crippen molar-refractivity contribution in [2.75, 3.05) is 39.3 Å². The molecule has 1 aliphatic heterocycles. The van der Waals surface area contributed by atoms with E-state index in [2.05, 4.69) is 15.5 Å². The fraction of sp³-hybridized carbons (Fsp3) is 0.273. The molecule has 7 heteroatoms. The molecule has 0 bridgehead atoms. The molecule has 2 aromatic carbocycles. The second-order valence-electron chi connectivity index (χ2n) is 7.34. The quantitative estimate of drug-likeness (QED) is 0.556. The number of hydrogen-bond acceptors (Lipinski definition) is 5. The number of hydrogen-bond donors (Lipinski definition) is 2. The van der Waals surface area contributed by atoms with Crippen LogP contribution in [0.5, 0.6) is 0 Å². The molecule has 4 aromatic rings. The third-order valence-electron chi connectivity index (χ3n) is 5.49. The Balaban J connectivity index is 1.41. The number of rotatable bonds is 4. The lowest BCUT2D eigenvalue weighted by Crippen LogP contribution is -2.46. The van der Waals surface area contributed by atoms with Gasteiger partial charge in [-0.05, 0) is 29.7 Å². The molecule has 1 fully saturated rings. The summed E-state index contributed by atoms with van der Waals surface area (Å²) >= 11 is 0. The van der Waals surface area contributed by atoms with Gasteiger partial charge in [-0.25, -0.2) is 4.40 Å². The smallest absolute Gasteiger partial charge is 0.265 e. The van der Waals surface area contributed by atoms with Crippen LogP contribution >= 0.6 is 0 Å². The molecule has 1 saturated heterocycles. The highest BCUT2D eigenvalue weighted by molar-refractivity contribution is 5.97. The molecule has 0 saturated carbocycles. The standard InChI is InChI=1S/C22H22N4O3/c27-21(24-9-12-25-10-7-23-8-11-25)16-5-6-18-19(13-16)29-20-14-15-3-1-2-4-17(15)22(28)26(18)20/h1-6,13-14,23H,7-12H2,(H,24,27). The number of benzene rings is 2. The summed E-state index contributed by atoms with van der Waals surface area (Å²) in [6.07, 6.45) is 0. The fourth-order valence-corrected chi connectivity index (χ4v) is 3.94. The maximum absolute atomic E-state index is 12.9. The SMILES string of the molecule is O=C(NCCN1CCNCC1)c1ccc2c(c1)oc1cc3ccccc3c(=O)n12. The summed E-state index contributed by atoms with van der Waals surface area (Å²) < 4.78 is 7.46. The van der Waals surface area contributed by atoms with Crippen molar-refractivity contribution in [1.82, 2.24) is 19.9 Å². The number of oxazole rings is 1. The lowest BCUT2D eigenvalue weighted by Gasteiger charge is -2.27. The Morgan fingerprint density at radius 2 is 1.93 bits per heavy atom. The second-order valence-corrected chi connectivity index (χ2v) is 7.34. The van der Waals surface area contributed by atoms with E-state index in [4.69, 9.17) is 4.42 Å². The van der Waals surface area contributed by atoms with E-state index < -0.39 is 0 Å². The number of carbonyl (C=O) groups excluding carboxylic acids is 1. The van der Waals surface area contributed by atoms with Crippen LogP contribution in [0.25, 0.3) is 27.6 Å². The third-order valence-corrected chi connectivity index (χ3v) is 5.49. The van der Waals surface area contributed by atoms with E-state index in [0.717, 1.165) is 38.1 Å². The van der Waals surface area contributed by atoms with Crippen molar-refractivity contribution in [1.29, 1.82) is 0 Å². The van der Waals surface area contributed by atoms with Crippen LogP contribution in [0, 0.1) is 0 Å². The first-order valence-corrected chi connectivity index (χ1v) is 9.89. The van der Waals surface area contributed by atoms with Crippen molar-refractivity contribution in [3.8, 4) is 0 Å². The highest BCUT2D eigenvalue weighted by Gasteiger charge is 2.15. The second kappa shape index (κ2) is 7.35. The van der Waals surface area contributed by atoms with Crippen LogP contribution in [0.4, 0.5) is 0 Å². The maximum atomic E-state index is 12.9. The first-order valence-electron chi connectivity index (χ1n) is 9.89. The Kier molecular flexibility index (Phi) is 4.54. The summed E-state index contributed by atoms with van der Waals surface area (Å²) in [4.78, 5) is 27.8. The van der Waals surface area contributed by atoms with Gasteiger partial charge >= 0.3 is 0 Å². The predicted octanol–water partition coefficient (Wildman–Crippen LogP) is 1.83. The highest BCUT2D eigenvalue weighted by Crippen LogP contribution is 2.23. The zero-order valence-corrected chi connectivity index (χ0v) is 16.0. The van der Waals surface area contributed by atoms with Crippen molar-refractivity contribution in [3.63, 3.8) is 0 Å². The minimum absolute atomic E-state index is 0.120. The largest absolute Gasteiger partial charge is 0.438 e. The lowest BCUT2D eigenvalue weighted by molar-refractivity contribution is 0.0947. The van der Waals surface area contributed by atoms with Crippen LogP contribution in [0.2, 0.25) is 0 Å². The van der Waals surface area contributed by atoms with E-state index in [-0.39, 0.29) is 11.5 Å². The van der Waals surface area contributed by atoms with E-state index in [1.54, 1.807) is 22.6 Å². The van der Waals surface area contributed by atoms with Crippen LogP contribution in [-0.2, 0) is 0 Å². The minimum atomic E-state index is -0.139. The molecule has 29 heavy (non-hydrogen) atoms. The number of fused-ring (bicyclic) bond motifs is 4. The van der Waals surface area contributed by atoms with Crippen molar-refractivity contribution in [2.24, 2.45) is 0 Å². The van der Waals surface area contributed by atoms with Crippen molar-refractivity contribution in [2.45, 2.75) is 0 Å². The van der Waals surface area contributed by atoms with Gasteiger partial charge in [0.25, 0.3) is 11.5 Å². The van der Waals surface area contributed by atoms with Gasteiger partial charge in [-0.3, -0.25) is 14.5 Å². The van der Waals surface area contributed by atoms with E-state index in [1.165, 1.54) is 0 Å².